The summed E-state index contributed by atoms with van der Waals surface area (Å²) >= 11 is 0. The van der Waals surface area contributed by atoms with Crippen molar-refractivity contribution in [3.8, 4) is 0 Å². The highest BCUT2D eigenvalue weighted by Gasteiger charge is 2.41. The van der Waals surface area contributed by atoms with Crippen LogP contribution >= 0.6 is 0 Å². The molecule has 1 spiro atoms. The van der Waals surface area contributed by atoms with Crippen molar-refractivity contribution >= 4 is 5.91 Å². The molecule has 0 aromatic carbocycles. The molecule has 0 radical (unpaired) electrons. The predicted molar refractivity (Wildman–Crippen MR) is 65.9 cm³/mol. The maximum Gasteiger partial charge on any atom is 0.267 e. The van der Waals surface area contributed by atoms with Crippen molar-refractivity contribution in [2.24, 2.45) is 0 Å². The van der Waals surface area contributed by atoms with Crippen LogP contribution in [0.5, 0.6) is 0 Å². The highest BCUT2D eigenvalue weighted by molar-refractivity contribution is 5.92. The lowest BCUT2D eigenvalue weighted by Gasteiger charge is -2.48. The van der Waals surface area contributed by atoms with Crippen LogP contribution in [-0.4, -0.2) is 29.0 Å². The van der Waals surface area contributed by atoms with Crippen molar-refractivity contribution in [2.45, 2.75) is 43.7 Å². The molecule has 1 aliphatic heterocycles. The second-order valence-corrected chi connectivity index (χ2v) is 5.31. The first kappa shape index (κ1) is 10.8. The Morgan fingerprint density at radius 3 is 3.00 bits per heavy atom. The zero-order chi connectivity index (χ0) is 11.7. The summed E-state index contributed by atoms with van der Waals surface area (Å²) in [5.41, 5.74) is 0.998. The first-order chi connectivity index (χ1) is 8.27. The van der Waals surface area contributed by atoms with Gasteiger partial charge in [-0.05, 0) is 50.8 Å². The van der Waals surface area contributed by atoms with Crippen LogP contribution < -0.4 is 10.6 Å². The molecule has 4 nitrogen and oxygen atoms in total. The maximum atomic E-state index is 11.9. The number of hydrogen-bond acceptors (Lipinski definition) is 2. The van der Waals surface area contributed by atoms with Crippen LogP contribution in [0, 0.1) is 0 Å². The number of H-pyrrole nitrogens is 1. The van der Waals surface area contributed by atoms with Crippen molar-refractivity contribution in [2.75, 3.05) is 6.54 Å². The molecule has 2 fully saturated rings. The van der Waals surface area contributed by atoms with Gasteiger partial charge in [0, 0.05) is 17.8 Å². The molecule has 1 unspecified atom stereocenters. The van der Waals surface area contributed by atoms with Gasteiger partial charge in [0.1, 0.15) is 5.69 Å². The van der Waals surface area contributed by atoms with E-state index in [1.165, 1.54) is 19.3 Å². The van der Waals surface area contributed by atoms with Crippen LogP contribution in [0.1, 0.15) is 42.6 Å². The summed E-state index contributed by atoms with van der Waals surface area (Å²) in [5.74, 6) is 0.0244. The quantitative estimate of drug-likeness (QED) is 0.723. The smallest absolute Gasteiger partial charge is 0.267 e. The molecular formula is C13H19N3O. The Balaban J connectivity index is 1.60. The van der Waals surface area contributed by atoms with Crippen LogP contribution in [0.4, 0.5) is 0 Å². The van der Waals surface area contributed by atoms with Gasteiger partial charge in [0.2, 0.25) is 0 Å². The maximum absolute atomic E-state index is 11.9. The molecule has 1 aromatic rings. The fourth-order valence-electron chi connectivity index (χ4n) is 3.00. The minimum absolute atomic E-state index is 0.0244. The Hall–Kier alpha value is -1.29. The van der Waals surface area contributed by atoms with Gasteiger partial charge in [-0.25, -0.2) is 0 Å². The Bertz CT molecular complexity index is 395. The first-order valence-electron chi connectivity index (χ1n) is 6.47. The van der Waals surface area contributed by atoms with Crippen molar-refractivity contribution in [3.05, 3.63) is 24.0 Å². The van der Waals surface area contributed by atoms with Gasteiger partial charge >= 0.3 is 0 Å². The summed E-state index contributed by atoms with van der Waals surface area (Å²) < 4.78 is 0. The molecule has 1 saturated carbocycles. The van der Waals surface area contributed by atoms with Gasteiger partial charge in [0.05, 0.1) is 0 Å². The normalized spacial score (nSPS) is 26.5. The number of rotatable bonds is 2. The van der Waals surface area contributed by atoms with Gasteiger partial charge in [0.25, 0.3) is 5.91 Å². The zero-order valence-electron chi connectivity index (χ0n) is 9.96. The molecule has 0 bridgehead atoms. The molecule has 1 atom stereocenters. The molecule has 92 valence electrons. The SMILES string of the molecule is O=C(NC1CCNC2(CCC2)C1)c1ccc[nH]1. The molecule has 3 rings (SSSR count). The van der Waals surface area contributed by atoms with Crippen LogP contribution in [0.15, 0.2) is 18.3 Å². The fraction of sp³-hybridized carbons (Fsp3) is 0.615. The summed E-state index contributed by atoms with van der Waals surface area (Å²) in [6.45, 7) is 1.02. The molecule has 17 heavy (non-hydrogen) atoms. The molecule has 1 aliphatic carbocycles. The average Bonchev–Trinajstić information content (AvgIpc) is 2.81. The predicted octanol–water partition coefficient (Wildman–Crippen LogP) is 1.42. The lowest BCUT2D eigenvalue weighted by Crippen LogP contribution is -2.59. The number of carbonyl (C=O) groups excluding carboxylic acids is 1. The van der Waals surface area contributed by atoms with Gasteiger partial charge in [-0.2, -0.15) is 0 Å². The summed E-state index contributed by atoms with van der Waals surface area (Å²) in [5, 5.41) is 6.75. The van der Waals surface area contributed by atoms with E-state index >= 15 is 0 Å². The van der Waals surface area contributed by atoms with Gasteiger partial charge in [-0.15, -0.1) is 0 Å². The first-order valence-corrected chi connectivity index (χ1v) is 6.47. The number of aromatic nitrogens is 1. The Morgan fingerprint density at radius 1 is 1.47 bits per heavy atom. The summed E-state index contributed by atoms with van der Waals surface area (Å²) in [6, 6.07) is 3.99. The van der Waals surface area contributed by atoms with E-state index in [0.29, 0.717) is 17.3 Å². The third kappa shape index (κ3) is 2.09. The lowest BCUT2D eigenvalue weighted by molar-refractivity contribution is 0.0849. The molecular weight excluding hydrogens is 214 g/mol. The number of carbonyl (C=O) groups is 1. The van der Waals surface area contributed by atoms with E-state index < -0.39 is 0 Å². The molecule has 1 amide bonds. The molecule has 1 saturated heterocycles. The van der Waals surface area contributed by atoms with Gasteiger partial charge in [0.15, 0.2) is 0 Å². The number of aromatic amines is 1. The lowest BCUT2D eigenvalue weighted by atomic mass is 9.70. The van der Waals surface area contributed by atoms with E-state index in [1.807, 2.05) is 12.1 Å². The summed E-state index contributed by atoms with van der Waals surface area (Å²) in [6.07, 6.45) is 7.76. The number of hydrogen-bond donors (Lipinski definition) is 3. The molecule has 2 heterocycles. The minimum atomic E-state index is 0.0244. The van der Waals surface area contributed by atoms with Crippen LogP contribution in [0.2, 0.25) is 0 Å². The third-order valence-corrected chi connectivity index (χ3v) is 4.12. The van der Waals surface area contributed by atoms with E-state index in [0.717, 1.165) is 19.4 Å². The van der Waals surface area contributed by atoms with Crippen molar-refractivity contribution in [1.29, 1.82) is 0 Å². The minimum Gasteiger partial charge on any atom is -0.357 e. The number of piperidine rings is 1. The van der Waals surface area contributed by atoms with E-state index in [-0.39, 0.29) is 5.91 Å². The standard InChI is InChI=1S/C13H19N3O/c17-12(11-3-1-7-14-11)16-10-4-8-15-13(9-10)5-2-6-13/h1,3,7,10,14-15H,2,4-6,8-9H2,(H,16,17). The third-order valence-electron chi connectivity index (χ3n) is 4.12. The van der Waals surface area contributed by atoms with Crippen LogP contribution in [0.3, 0.4) is 0 Å². The Kier molecular flexibility index (Phi) is 2.67. The molecule has 3 N–H and O–H groups in total. The van der Waals surface area contributed by atoms with Crippen molar-refractivity contribution in [3.63, 3.8) is 0 Å². The fourth-order valence-corrected chi connectivity index (χ4v) is 3.00. The van der Waals surface area contributed by atoms with E-state index in [1.54, 1.807) is 6.20 Å². The van der Waals surface area contributed by atoms with E-state index in [4.69, 9.17) is 0 Å². The second-order valence-electron chi connectivity index (χ2n) is 5.31. The van der Waals surface area contributed by atoms with Gasteiger partial charge < -0.3 is 15.6 Å². The number of amides is 1. The van der Waals surface area contributed by atoms with Crippen LogP contribution in [-0.2, 0) is 0 Å². The van der Waals surface area contributed by atoms with Gasteiger partial charge in [-0.3, -0.25) is 4.79 Å². The topological polar surface area (TPSA) is 56.9 Å². The van der Waals surface area contributed by atoms with Gasteiger partial charge in [-0.1, -0.05) is 0 Å². The Morgan fingerprint density at radius 2 is 2.35 bits per heavy atom. The summed E-state index contributed by atoms with van der Waals surface area (Å²) in [7, 11) is 0. The highest BCUT2D eigenvalue weighted by Crippen LogP contribution is 2.38. The van der Waals surface area contributed by atoms with E-state index in [2.05, 4.69) is 15.6 Å². The largest absolute Gasteiger partial charge is 0.357 e. The molecule has 4 heteroatoms. The van der Waals surface area contributed by atoms with E-state index in [9.17, 15) is 4.79 Å². The molecule has 1 aromatic heterocycles. The molecule has 2 aliphatic rings. The zero-order valence-corrected chi connectivity index (χ0v) is 9.96. The van der Waals surface area contributed by atoms with Crippen molar-refractivity contribution < 1.29 is 4.79 Å². The van der Waals surface area contributed by atoms with Crippen molar-refractivity contribution in [1.82, 2.24) is 15.6 Å². The highest BCUT2D eigenvalue weighted by atomic mass is 16.1. The Labute approximate surface area is 101 Å². The second kappa shape index (κ2) is 4.18. The average molecular weight is 233 g/mol. The summed E-state index contributed by atoms with van der Waals surface area (Å²) in [4.78, 5) is 14.9. The van der Waals surface area contributed by atoms with Crippen LogP contribution in [0.25, 0.3) is 0 Å². The monoisotopic (exact) mass is 233 g/mol. The number of nitrogens with one attached hydrogen (secondary N) is 3.